The zero-order valence-corrected chi connectivity index (χ0v) is 16.1. The lowest BCUT2D eigenvalue weighted by molar-refractivity contribution is 0.0684. The van der Waals surface area contributed by atoms with Gasteiger partial charge in [0.1, 0.15) is 17.2 Å². The molecule has 0 aliphatic rings. The Morgan fingerprint density at radius 2 is 1.93 bits per heavy atom. The van der Waals surface area contributed by atoms with Gasteiger partial charge in [-0.15, -0.1) is 0 Å². The highest BCUT2D eigenvalue weighted by molar-refractivity contribution is 5.98. The number of fused-ring (bicyclic) bond motifs is 1. The Kier molecular flexibility index (Phi) is 5.35. The Labute approximate surface area is 168 Å². The number of aromatic nitrogens is 1. The van der Waals surface area contributed by atoms with Crippen LogP contribution in [-0.4, -0.2) is 22.8 Å². The minimum absolute atomic E-state index is 0.282. The number of ether oxygens (including phenoxy) is 1. The Bertz CT molecular complexity index is 1110. The van der Waals surface area contributed by atoms with E-state index in [1.165, 1.54) is 0 Å². The van der Waals surface area contributed by atoms with Crippen molar-refractivity contribution >= 4 is 16.9 Å². The summed E-state index contributed by atoms with van der Waals surface area (Å²) >= 11 is 0. The summed E-state index contributed by atoms with van der Waals surface area (Å²) < 4.78 is 12.6. The summed E-state index contributed by atoms with van der Waals surface area (Å²) in [5.41, 5.74) is 2.90. The summed E-state index contributed by atoms with van der Waals surface area (Å²) in [4.78, 5) is 12.3. The number of nitrogens with zero attached hydrogens (tertiary/aromatic N) is 1. The maximum Gasteiger partial charge on any atom is 0.352 e. The number of carbonyl (C=O) groups is 1. The number of hydrogen-bond acceptors (Lipinski definition) is 4. The molecule has 148 valence electrons. The van der Waals surface area contributed by atoms with Crippen LogP contribution in [0.5, 0.6) is 5.75 Å². The summed E-state index contributed by atoms with van der Waals surface area (Å²) in [7, 11) is 1.61. The molecule has 6 heteroatoms. The Morgan fingerprint density at radius 1 is 1.10 bits per heavy atom. The minimum Gasteiger partial charge on any atom is -0.497 e. The van der Waals surface area contributed by atoms with Gasteiger partial charge in [0.2, 0.25) is 0 Å². The van der Waals surface area contributed by atoms with Crippen LogP contribution in [0, 0.1) is 0 Å². The van der Waals surface area contributed by atoms with Crippen LogP contribution in [0.1, 0.15) is 27.4 Å². The molecule has 6 nitrogen and oxygen atoms in total. The molecular formula is C23H22N2O4. The van der Waals surface area contributed by atoms with Crippen LogP contribution in [0.2, 0.25) is 0 Å². The molecule has 4 rings (SSSR count). The monoisotopic (exact) mass is 390 g/mol. The predicted octanol–water partition coefficient (Wildman–Crippen LogP) is 4.28. The first kappa shape index (κ1) is 18.8. The summed E-state index contributed by atoms with van der Waals surface area (Å²) in [6.07, 6.45) is 1.62. The minimum atomic E-state index is -0.953. The van der Waals surface area contributed by atoms with E-state index in [9.17, 15) is 9.90 Å². The SMILES string of the molecule is COc1ccc2c(CNCc3ccco3)c(C(=O)O)n(Cc3ccccc3)c2c1. The van der Waals surface area contributed by atoms with Crippen LogP contribution in [0.25, 0.3) is 10.9 Å². The quantitative estimate of drug-likeness (QED) is 0.470. The molecule has 2 aromatic carbocycles. The smallest absolute Gasteiger partial charge is 0.352 e. The van der Waals surface area contributed by atoms with Crippen molar-refractivity contribution in [3.05, 3.63) is 89.5 Å². The number of aromatic carboxylic acids is 1. The van der Waals surface area contributed by atoms with Crippen molar-refractivity contribution in [2.75, 3.05) is 7.11 Å². The van der Waals surface area contributed by atoms with Crippen molar-refractivity contribution < 1.29 is 19.1 Å². The molecule has 2 heterocycles. The second-order valence-electron chi connectivity index (χ2n) is 6.77. The second-order valence-corrected chi connectivity index (χ2v) is 6.77. The molecule has 29 heavy (non-hydrogen) atoms. The fraction of sp³-hybridized carbons (Fsp3) is 0.174. The molecule has 0 saturated carbocycles. The standard InChI is InChI=1S/C23H22N2O4/c1-28-17-9-10-19-20(14-24-13-18-8-5-11-29-18)22(23(26)27)25(21(19)12-17)15-16-6-3-2-4-7-16/h2-12,24H,13-15H2,1H3,(H,26,27). The maximum absolute atomic E-state index is 12.3. The fourth-order valence-corrected chi connectivity index (χ4v) is 3.61. The topological polar surface area (TPSA) is 76.6 Å². The van der Waals surface area contributed by atoms with E-state index in [0.29, 0.717) is 25.4 Å². The number of carboxylic acids is 1. The molecule has 0 radical (unpaired) electrons. The van der Waals surface area contributed by atoms with Crippen molar-refractivity contribution in [2.24, 2.45) is 0 Å². The highest BCUT2D eigenvalue weighted by atomic mass is 16.5. The van der Waals surface area contributed by atoms with E-state index in [1.807, 2.05) is 65.2 Å². The first-order valence-corrected chi connectivity index (χ1v) is 9.37. The lowest BCUT2D eigenvalue weighted by atomic mass is 10.1. The van der Waals surface area contributed by atoms with E-state index in [1.54, 1.807) is 13.4 Å². The molecule has 0 unspecified atom stereocenters. The van der Waals surface area contributed by atoms with Crippen molar-refractivity contribution in [3.63, 3.8) is 0 Å². The Balaban J connectivity index is 1.78. The summed E-state index contributed by atoms with van der Waals surface area (Å²) in [6.45, 7) is 1.39. The van der Waals surface area contributed by atoms with Gasteiger partial charge in [0, 0.05) is 30.1 Å². The van der Waals surface area contributed by atoms with E-state index in [4.69, 9.17) is 9.15 Å². The summed E-state index contributed by atoms with van der Waals surface area (Å²) in [5.74, 6) is 0.541. The zero-order valence-electron chi connectivity index (χ0n) is 16.1. The number of methoxy groups -OCH3 is 1. The molecule has 0 fully saturated rings. The lowest BCUT2D eigenvalue weighted by Crippen LogP contribution is -2.17. The van der Waals surface area contributed by atoms with Crippen LogP contribution in [0.3, 0.4) is 0 Å². The van der Waals surface area contributed by atoms with E-state index in [2.05, 4.69) is 5.32 Å². The Hall–Kier alpha value is -3.51. The van der Waals surface area contributed by atoms with E-state index in [-0.39, 0.29) is 5.69 Å². The van der Waals surface area contributed by atoms with Gasteiger partial charge in [0.05, 0.1) is 25.4 Å². The number of carboxylic acid groups (broad SMARTS) is 1. The molecule has 2 aromatic heterocycles. The van der Waals surface area contributed by atoms with Crippen LogP contribution in [0.15, 0.2) is 71.3 Å². The molecule has 4 aromatic rings. The number of nitrogens with one attached hydrogen (secondary N) is 1. The third-order valence-corrected chi connectivity index (χ3v) is 4.94. The molecule has 0 amide bonds. The molecule has 2 N–H and O–H groups in total. The van der Waals surface area contributed by atoms with Crippen LogP contribution in [-0.2, 0) is 19.6 Å². The molecule has 0 atom stereocenters. The van der Waals surface area contributed by atoms with E-state index >= 15 is 0 Å². The largest absolute Gasteiger partial charge is 0.497 e. The maximum atomic E-state index is 12.3. The number of benzene rings is 2. The van der Waals surface area contributed by atoms with Gasteiger partial charge in [-0.05, 0) is 29.8 Å². The van der Waals surface area contributed by atoms with E-state index < -0.39 is 5.97 Å². The third-order valence-electron chi connectivity index (χ3n) is 4.94. The van der Waals surface area contributed by atoms with Crippen molar-refractivity contribution in [2.45, 2.75) is 19.6 Å². The van der Waals surface area contributed by atoms with Gasteiger partial charge in [-0.2, -0.15) is 0 Å². The van der Waals surface area contributed by atoms with Gasteiger partial charge in [0.25, 0.3) is 0 Å². The summed E-state index contributed by atoms with van der Waals surface area (Å²) in [6, 6.07) is 19.2. The van der Waals surface area contributed by atoms with Gasteiger partial charge >= 0.3 is 5.97 Å². The van der Waals surface area contributed by atoms with Gasteiger partial charge in [-0.25, -0.2) is 4.79 Å². The average Bonchev–Trinajstić information content (AvgIpc) is 3.35. The lowest BCUT2D eigenvalue weighted by Gasteiger charge is -2.10. The zero-order chi connectivity index (χ0) is 20.2. The van der Waals surface area contributed by atoms with Gasteiger partial charge in [-0.3, -0.25) is 0 Å². The predicted molar refractivity (Wildman–Crippen MR) is 110 cm³/mol. The van der Waals surface area contributed by atoms with Crippen molar-refractivity contribution in [1.82, 2.24) is 9.88 Å². The highest BCUT2D eigenvalue weighted by Crippen LogP contribution is 2.30. The van der Waals surface area contributed by atoms with Gasteiger partial charge in [-0.1, -0.05) is 30.3 Å². The first-order valence-electron chi connectivity index (χ1n) is 9.37. The van der Waals surface area contributed by atoms with Crippen LogP contribution in [0.4, 0.5) is 0 Å². The van der Waals surface area contributed by atoms with E-state index in [0.717, 1.165) is 27.8 Å². The highest BCUT2D eigenvalue weighted by Gasteiger charge is 2.22. The van der Waals surface area contributed by atoms with Crippen LogP contribution < -0.4 is 10.1 Å². The molecule has 0 saturated heterocycles. The molecule has 0 spiro atoms. The Morgan fingerprint density at radius 3 is 2.62 bits per heavy atom. The van der Waals surface area contributed by atoms with Crippen molar-refractivity contribution in [1.29, 1.82) is 0 Å². The number of rotatable bonds is 8. The van der Waals surface area contributed by atoms with Crippen molar-refractivity contribution in [3.8, 4) is 5.75 Å². The van der Waals surface area contributed by atoms with Gasteiger partial charge in [0.15, 0.2) is 0 Å². The van der Waals surface area contributed by atoms with Crippen LogP contribution >= 0.6 is 0 Å². The summed E-state index contributed by atoms with van der Waals surface area (Å²) in [5, 5.41) is 14.2. The number of furan rings is 1. The molecule has 0 aliphatic carbocycles. The van der Waals surface area contributed by atoms with Gasteiger partial charge < -0.3 is 24.1 Å². The molecule has 0 aliphatic heterocycles. The fourth-order valence-electron chi connectivity index (χ4n) is 3.61. The average molecular weight is 390 g/mol. The first-order chi connectivity index (χ1) is 14.2. The third kappa shape index (κ3) is 3.88. The molecule has 0 bridgehead atoms. The molecular weight excluding hydrogens is 368 g/mol. The normalized spacial score (nSPS) is 11.1. The number of hydrogen-bond donors (Lipinski definition) is 2. The second kappa shape index (κ2) is 8.24.